The lowest BCUT2D eigenvalue weighted by Gasteiger charge is -2.35. The Bertz CT molecular complexity index is 770. The Hall–Kier alpha value is -1.29. The summed E-state index contributed by atoms with van der Waals surface area (Å²) in [5.41, 5.74) is 5.84. The molecule has 1 heterocycles. The molecular weight excluding hydrogens is 388 g/mol. The van der Waals surface area contributed by atoms with Gasteiger partial charge >= 0.3 is 0 Å². The molecule has 0 radical (unpaired) electrons. The van der Waals surface area contributed by atoms with E-state index in [1.165, 1.54) is 0 Å². The van der Waals surface area contributed by atoms with E-state index >= 15 is 0 Å². The lowest BCUT2D eigenvalue weighted by atomic mass is 10.1. The summed E-state index contributed by atoms with van der Waals surface area (Å²) in [6.45, 7) is 0.687. The normalized spacial score (nSPS) is 24.3. The minimum absolute atomic E-state index is 0. The van der Waals surface area contributed by atoms with E-state index in [-0.39, 0.29) is 56.5 Å². The third kappa shape index (κ3) is 4.16. The molecule has 1 aliphatic heterocycles. The maximum atomic E-state index is 13.8. The number of rotatable bonds is 3. The number of carbonyl (C=O) groups is 1. The first kappa shape index (κ1) is 21.0. The van der Waals surface area contributed by atoms with Crippen LogP contribution in [0.4, 0.5) is 8.78 Å². The summed E-state index contributed by atoms with van der Waals surface area (Å²) in [6.07, 6.45) is 2.26. The number of hydrogen-bond donors (Lipinski definition) is 1. The van der Waals surface area contributed by atoms with Gasteiger partial charge in [-0.15, -0.1) is 12.4 Å². The summed E-state index contributed by atoms with van der Waals surface area (Å²) in [5.74, 6) is -2.02. The number of piperazine rings is 1. The average Bonchev–Trinajstić information content (AvgIpc) is 3.00. The summed E-state index contributed by atoms with van der Waals surface area (Å²) < 4.78 is 53.0. The standard InChI is InChI=1S/C16H21F2N3O3S.ClH/c17-12-2-4-15(14(18)10-12)25(23,24)21-7-5-20(6-8-21)16(22)11-1-3-13(19)9-11;/h2,4,10-11,13H,1,3,5-9,19H2;1H. The van der Waals surface area contributed by atoms with Crippen LogP contribution in [0, 0.1) is 17.6 Å². The predicted molar refractivity (Wildman–Crippen MR) is 94.3 cm³/mol. The first-order chi connectivity index (χ1) is 11.8. The van der Waals surface area contributed by atoms with Crippen LogP contribution in [0.1, 0.15) is 19.3 Å². The molecule has 1 aromatic carbocycles. The second kappa shape index (κ2) is 8.16. The zero-order valence-corrected chi connectivity index (χ0v) is 15.7. The molecular formula is C16H22ClF2N3O3S. The lowest BCUT2D eigenvalue weighted by molar-refractivity contribution is -0.136. The molecule has 2 N–H and O–H groups in total. The van der Waals surface area contributed by atoms with Gasteiger partial charge in [0.1, 0.15) is 16.5 Å². The van der Waals surface area contributed by atoms with Gasteiger partial charge in [-0.05, 0) is 31.4 Å². The van der Waals surface area contributed by atoms with Crippen LogP contribution in [0.3, 0.4) is 0 Å². The fraction of sp³-hybridized carbons (Fsp3) is 0.562. The topological polar surface area (TPSA) is 83.7 Å². The van der Waals surface area contributed by atoms with Crippen LogP contribution in [0.2, 0.25) is 0 Å². The monoisotopic (exact) mass is 409 g/mol. The van der Waals surface area contributed by atoms with Gasteiger partial charge in [0.2, 0.25) is 15.9 Å². The number of halogens is 3. The third-order valence-electron chi connectivity index (χ3n) is 4.88. The highest BCUT2D eigenvalue weighted by Crippen LogP contribution is 2.27. The molecule has 146 valence electrons. The average molecular weight is 410 g/mol. The van der Waals surface area contributed by atoms with Gasteiger partial charge in [0, 0.05) is 44.2 Å². The third-order valence-corrected chi connectivity index (χ3v) is 6.82. The van der Waals surface area contributed by atoms with Crippen LogP contribution >= 0.6 is 12.4 Å². The molecule has 1 saturated heterocycles. The Balaban J connectivity index is 0.00000243. The SMILES string of the molecule is Cl.NC1CCC(C(=O)N2CCN(S(=O)(=O)c3ccc(F)cc3F)CC2)C1. The second-order valence-electron chi connectivity index (χ2n) is 6.57. The molecule has 10 heteroatoms. The van der Waals surface area contributed by atoms with Crippen LogP contribution in [0.25, 0.3) is 0 Å². The lowest BCUT2D eigenvalue weighted by Crippen LogP contribution is -2.51. The van der Waals surface area contributed by atoms with E-state index in [4.69, 9.17) is 5.73 Å². The van der Waals surface area contributed by atoms with Crippen molar-refractivity contribution in [1.29, 1.82) is 0 Å². The van der Waals surface area contributed by atoms with Crippen LogP contribution in [0.15, 0.2) is 23.1 Å². The van der Waals surface area contributed by atoms with Crippen molar-refractivity contribution in [2.24, 2.45) is 11.7 Å². The summed E-state index contributed by atoms with van der Waals surface area (Å²) in [6, 6.07) is 2.45. The molecule has 26 heavy (non-hydrogen) atoms. The quantitative estimate of drug-likeness (QED) is 0.816. The molecule has 1 aliphatic carbocycles. The molecule has 2 atom stereocenters. The van der Waals surface area contributed by atoms with E-state index in [1.807, 2.05) is 0 Å². The molecule has 2 fully saturated rings. The number of hydrogen-bond acceptors (Lipinski definition) is 4. The van der Waals surface area contributed by atoms with Gasteiger partial charge in [0.25, 0.3) is 0 Å². The van der Waals surface area contributed by atoms with E-state index < -0.39 is 26.6 Å². The number of sulfonamides is 1. The molecule has 1 saturated carbocycles. The Morgan fingerprint density at radius 2 is 1.77 bits per heavy atom. The molecule has 2 aliphatic rings. The van der Waals surface area contributed by atoms with Crippen LogP contribution in [-0.4, -0.2) is 55.8 Å². The van der Waals surface area contributed by atoms with Gasteiger partial charge in [-0.2, -0.15) is 4.31 Å². The largest absolute Gasteiger partial charge is 0.340 e. The van der Waals surface area contributed by atoms with Gasteiger partial charge < -0.3 is 10.6 Å². The second-order valence-corrected chi connectivity index (χ2v) is 8.48. The number of carbonyl (C=O) groups excluding carboxylic acids is 1. The van der Waals surface area contributed by atoms with Gasteiger partial charge in [-0.3, -0.25) is 4.79 Å². The van der Waals surface area contributed by atoms with E-state index in [0.29, 0.717) is 12.5 Å². The Labute approximate surface area is 157 Å². The Kier molecular flexibility index (Phi) is 6.60. The molecule has 1 amide bonds. The first-order valence-corrected chi connectivity index (χ1v) is 9.72. The van der Waals surface area contributed by atoms with Crippen molar-refractivity contribution >= 4 is 28.3 Å². The summed E-state index contributed by atoms with van der Waals surface area (Å²) in [5, 5.41) is 0. The Morgan fingerprint density at radius 1 is 1.12 bits per heavy atom. The highest BCUT2D eigenvalue weighted by molar-refractivity contribution is 7.89. The highest BCUT2D eigenvalue weighted by Gasteiger charge is 2.35. The highest BCUT2D eigenvalue weighted by atomic mass is 35.5. The van der Waals surface area contributed by atoms with Crippen molar-refractivity contribution in [3.63, 3.8) is 0 Å². The zero-order chi connectivity index (χ0) is 18.2. The fourth-order valence-corrected chi connectivity index (χ4v) is 4.94. The summed E-state index contributed by atoms with van der Waals surface area (Å²) >= 11 is 0. The summed E-state index contributed by atoms with van der Waals surface area (Å²) in [4.78, 5) is 13.6. The van der Waals surface area contributed by atoms with Crippen LogP contribution < -0.4 is 5.73 Å². The van der Waals surface area contributed by atoms with Crippen molar-refractivity contribution in [1.82, 2.24) is 9.21 Å². The minimum atomic E-state index is -4.05. The minimum Gasteiger partial charge on any atom is -0.340 e. The van der Waals surface area contributed by atoms with E-state index in [1.54, 1.807) is 4.90 Å². The Morgan fingerprint density at radius 3 is 2.31 bits per heavy atom. The number of benzene rings is 1. The van der Waals surface area contributed by atoms with Crippen LogP contribution in [-0.2, 0) is 14.8 Å². The van der Waals surface area contributed by atoms with Gasteiger partial charge in [0.05, 0.1) is 0 Å². The molecule has 6 nitrogen and oxygen atoms in total. The fourth-order valence-electron chi connectivity index (χ4n) is 3.47. The van der Waals surface area contributed by atoms with E-state index in [2.05, 4.69) is 0 Å². The predicted octanol–water partition coefficient (Wildman–Crippen LogP) is 1.35. The molecule has 3 rings (SSSR count). The van der Waals surface area contributed by atoms with Gasteiger partial charge in [-0.25, -0.2) is 17.2 Å². The maximum absolute atomic E-state index is 13.8. The molecule has 0 spiro atoms. The zero-order valence-electron chi connectivity index (χ0n) is 14.1. The number of nitrogens with zero attached hydrogens (tertiary/aromatic N) is 2. The van der Waals surface area contributed by atoms with E-state index in [0.717, 1.165) is 29.3 Å². The molecule has 0 aromatic heterocycles. The number of nitrogens with two attached hydrogens (primary N) is 1. The van der Waals surface area contributed by atoms with E-state index in [9.17, 15) is 22.0 Å². The van der Waals surface area contributed by atoms with Crippen molar-refractivity contribution in [2.45, 2.75) is 30.2 Å². The van der Waals surface area contributed by atoms with Crippen molar-refractivity contribution in [2.75, 3.05) is 26.2 Å². The van der Waals surface area contributed by atoms with Crippen molar-refractivity contribution < 1.29 is 22.0 Å². The molecule has 1 aromatic rings. The van der Waals surface area contributed by atoms with Gasteiger partial charge in [-0.1, -0.05) is 0 Å². The molecule has 0 bridgehead atoms. The number of amides is 1. The molecule has 2 unspecified atom stereocenters. The maximum Gasteiger partial charge on any atom is 0.246 e. The van der Waals surface area contributed by atoms with Crippen LogP contribution in [0.5, 0.6) is 0 Å². The summed E-state index contributed by atoms with van der Waals surface area (Å²) in [7, 11) is -4.05. The van der Waals surface area contributed by atoms with Gasteiger partial charge in [0.15, 0.2) is 0 Å². The van der Waals surface area contributed by atoms with Crippen molar-refractivity contribution in [3.05, 3.63) is 29.8 Å². The smallest absolute Gasteiger partial charge is 0.246 e. The van der Waals surface area contributed by atoms with Crippen molar-refractivity contribution in [3.8, 4) is 0 Å². The first-order valence-electron chi connectivity index (χ1n) is 8.28.